The van der Waals surface area contributed by atoms with Crippen LogP contribution in [0.4, 0.5) is 0 Å². The number of aryl methyl sites for hydroxylation is 2. The second-order valence-electron chi connectivity index (χ2n) is 7.95. The fraction of sp³-hybridized carbons (Fsp3) is 0.320. The van der Waals surface area contributed by atoms with Crippen LogP contribution in [-0.4, -0.2) is 21.2 Å². The summed E-state index contributed by atoms with van der Waals surface area (Å²) in [5.41, 5.74) is 21.4. The van der Waals surface area contributed by atoms with Crippen LogP contribution < -0.4 is 5.73 Å². The summed E-state index contributed by atoms with van der Waals surface area (Å²) in [7, 11) is 0. The predicted molar refractivity (Wildman–Crippen MR) is 126 cm³/mol. The Labute approximate surface area is 188 Å². The summed E-state index contributed by atoms with van der Waals surface area (Å²) in [5, 5.41) is 7.82. The number of benzene rings is 2. The maximum absolute atomic E-state index is 12.8. The fourth-order valence-electron chi connectivity index (χ4n) is 4.26. The number of rotatable bonds is 6. The summed E-state index contributed by atoms with van der Waals surface area (Å²) < 4.78 is 2.14. The van der Waals surface area contributed by atoms with Gasteiger partial charge in [-0.15, -0.1) is 0 Å². The normalized spacial score (nSPS) is 13.0. The minimum absolute atomic E-state index is 0.0681. The van der Waals surface area contributed by atoms with E-state index in [1.807, 2.05) is 24.3 Å². The van der Waals surface area contributed by atoms with E-state index in [9.17, 15) is 4.79 Å². The first-order chi connectivity index (χ1) is 15.6. The van der Waals surface area contributed by atoms with Gasteiger partial charge in [0.2, 0.25) is 0 Å². The van der Waals surface area contributed by atoms with Gasteiger partial charge in [-0.25, -0.2) is 16.0 Å². The van der Waals surface area contributed by atoms with Crippen molar-refractivity contribution in [1.82, 2.24) is 9.55 Å². The van der Waals surface area contributed by atoms with E-state index in [0.29, 0.717) is 13.0 Å². The first-order valence-electron chi connectivity index (χ1n) is 11.0. The molecular weight excluding hydrogens is 400 g/mol. The lowest BCUT2D eigenvalue weighted by Crippen LogP contribution is -2.13. The lowest BCUT2D eigenvalue weighted by Gasteiger charge is -2.13. The molecule has 1 aliphatic carbocycles. The number of nitrogens with one attached hydrogen (secondary N) is 3. The summed E-state index contributed by atoms with van der Waals surface area (Å²) >= 11 is 0. The average Bonchev–Trinajstić information content (AvgIpc) is 3.04. The van der Waals surface area contributed by atoms with E-state index in [-0.39, 0.29) is 11.6 Å². The summed E-state index contributed by atoms with van der Waals surface area (Å²) in [6.45, 7) is 2.80. The van der Waals surface area contributed by atoms with Gasteiger partial charge in [0.15, 0.2) is 5.78 Å². The Morgan fingerprint density at radius 2 is 1.75 bits per heavy atom. The molecule has 0 spiro atoms. The van der Waals surface area contributed by atoms with Crippen LogP contribution in [0.5, 0.6) is 0 Å². The van der Waals surface area contributed by atoms with E-state index in [1.165, 1.54) is 0 Å². The van der Waals surface area contributed by atoms with Crippen LogP contribution >= 0.6 is 0 Å². The number of hydrogen-bond donors (Lipinski definition) is 4. The van der Waals surface area contributed by atoms with Gasteiger partial charge in [0.05, 0.1) is 5.69 Å². The molecule has 2 aromatic carbocycles. The molecule has 166 valence electrons. The van der Waals surface area contributed by atoms with Gasteiger partial charge in [0.25, 0.3) is 0 Å². The van der Waals surface area contributed by atoms with Crippen molar-refractivity contribution < 1.29 is 4.79 Å². The van der Waals surface area contributed by atoms with Crippen molar-refractivity contribution in [2.45, 2.75) is 52.0 Å². The Hall–Kier alpha value is -3.61. The summed E-state index contributed by atoms with van der Waals surface area (Å²) in [5.74, 6) is 1.31. The van der Waals surface area contributed by atoms with Crippen LogP contribution in [-0.2, 0) is 19.4 Å². The van der Waals surface area contributed by atoms with E-state index >= 15 is 0 Å². The van der Waals surface area contributed by atoms with Gasteiger partial charge in [-0.1, -0.05) is 55.5 Å². The number of ketones is 1. The zero-order valence-corrected chi connectivity index (χ0v) is 18.4. The van der Waals surface area contributed by atoms with Gasteiger partial charge in [-0.3, -0.25) is 10.2 Å². The molecule has 0 fully saturated rings. The Balaban J connectivity index is 0.00000141. The Morgan fingerprint density at radius 3 is 2.44 bits per heavy atom. The van der Waals surface area contributed by atoms with Crippen LogP contribution in [0, 0.1) is 16.5 Å². The number of Topliss-reactive ketones (excluding diaryl/α,β-unsaturated/α-hetero) is 1. The minimum Gasteiger partial charge on any atom is -0.384 e. The van der Waals surface area contributed by atoms with Crippen LogP contribution in [0.1, 0.15) is 65.7 Å². The standard InChI is InChI=1S/C25H28N4O.H2N2/c1-2-7-23-28-21-10-5-6-11-22(30)24(21)29(23)16-17-12-14-18(15-13-17)19-8-3-4-9-20(19)25(26)27;1-2/h3-4,8-9,12-15H,2,5-7,10-11,16H2,1H3,(H3,26,27);1-2H. The molecular formula is C25H30N6O. The van der Waals surface area contributed by atoms with Crippen LogP contribution in [0.15, 0.2) is 48.5 Å². The van der Waals surface area contributed by atoms with Gasteiger partial charge in [-0.2, -0.15) is 0 Å². The quantitative estimate of drug-likeness (QED) is 0.182. The largest absolute Gasteiger partial charge is 0.384 e. The second-order valence-corrected chi connectivity index (χ2v) is 7.95. The molecule has 7 heteroatoms. The van der Waals surface area contributed by atoms with E-state index in [4.69, 9.17) is 27.2 Å². The van der Waals surface area contributed by atoms with Crippen molar-refractivity contribution in [3.8, 4) is 11.1 Å². The van der Waals surface area contributed by atoms with Crippen molar-refractivity contribution in [2.75, 3.05) is 0 Å². The molecule has 32 heavy (non-hydrogen) atoms. The number of nitrogens with zero attached hydrogens (tertiary/aromatic N) is 2. The third-order valence-electron chi connectivity index (χ3n) is 5.75. The Kier molecular flexibility index (Phi) is 7.65. The number of aromatic nitrogens is 2. The van der Waals surface area contributed by atoms with Crippen molar-refractivity contribution in [3.63, 3.8) is 0 Å². The molecule has 0 aliphatic heterocycles. The maximum Gasteiger partial charge on any atom is 0.181 e. The molecule has 1 aliphatic rings. The van der Waals surface area contributed by atoms with Gasteiger partial charge in [0.1, 0.15) is 17.4 Å². The number of fused-ring (bicyclic) bond motifs is 1. The van der Waals surface area contributed by atoms with Gasteiger partial charge >= 0.3 is 0 Å². The first kappa shape index (κ1) is 23.1. The number of carbonyl (C=O) groups excluding carboxylic acids is 1. The summed E-state index contributed by atoms with van der Waals surface area (Å²) in [4.78, 5) is 17.6. The maximum atomic E-state index is 12.8. The average molecular weight is 431 g/mol. The van der Waals surface area contributed by atoms with Crippen molar-refractivity contribution >= 4 is 11.6 Å². The molecule has 0 unspecified atom stereocenters. The Bertz CT molecular complexity index is 1100. The molecule has 4 rings (SSSR count). The van der Waals surface area contributed by atoms with E-state index < -0.39 is 0 Å². The van der Waals surface area contributed by atoms with Gasteiger partial charge in [-0.05, 0) is 42.4 Å². The highest BCUT2D eigenvalue weighted by atomic mass is 16.1. The second kappa shape index (κ2) is 10.6. The topological polar surface area (TPSA) is 132 Å². The molecule has 0 radical (unpaired) electrons. The smallest absolute Gasteiger partial charge is 0.181 e. The molecule has 0 bridgehead atoms. The molecule has 0 saturated carbocycles. The first-order valence-corrected chi connectivity index (χ1v) is 11.0. The van der Waals surface area contributed by atoms with Crippen molar-refractivity contribution in [2.24, 2.45) is 5.73 Å². The number of hydrogen-bond acceptors (Lipinski definition) is 5. The lowest BCUT2D eigenvalue weighted by atomic mass is 9.98. The third-order valence-corrected chi connectivity index (χ3v) is 5.75. The number of nitrogens with two attached hydrogens (primary N) is 1. The number of amidine groups is 1. The summed E-state index contributed by atoms with van der Waals surface area (Å²) in [6, 6.07) is 16.0. The predicted octanol–water partition coefficient (Wildman–Crippen LogP) is 5.34. The van der Waals surface area contributed by atoms with Gasteiger partial charge < -0.3 is 10.3 Å². The molecule has 0 saturated heterocycles. The van der Waals surface area contributed by atoms with Crippen LogP contribution in [0.2, 0.25) is 0 Å². The van der Waals surface area contributed by atoms with E-state index in [2.05, 4.69) is 35.8 Å². The Morgan fingerprint density at radius 1 is 1.06 bits per heavy atom. The molecule has 0 atom stereocenters. The molecule has 1 heterocycles. The molecule has 1 aromatic heterocycles. The van der Waals surface area contributed by atoms with Crippen LogP contribution in [0.3, 0.4) is 0 Å². The number of carbonyl (C=O) groups is 1. The number of imidazole rings is 1. The third kappa shape index (κ3) is 4.82. The zero-order chi connectivity index (χ0) is 23.1. The van der Waals surface area contributed by atoms with Crippen molar-refractivity contribution in [3.05, 3.63) is 76.9 Å². The van der Waals surface area contributed by atoms with Crippen molar-refractivity contribution in [1.29, 1.82) is 16.5 Å². The molecule has 3 aromatic rings. The summed E-state index contributed by atoms with van der Waals surface area (Å²) in [6.07, 6.45) is 5.37. The zero-order valence-electron chi connectivity index (χ0n) is 18.4. The van der Waals surface area contributed by atoms with Crippen LogP contribution in [0.25, 0.3) is 11.1 Å². The molecule has 7 nitrogen and oxygen atoms in total. The fourth-order valence-corrected chi connectivity index (χ4v) is 4.26. The molecule has 0 amide bonds. The van der Waals surface area contributed by atoms with E-state index in [1.54, 1.807) is 0 Å². The number of nitrogen functional groups attached to an aromatic ring is 1. The molecule has 5 N–H and O–H groups in total. The SMILES string of the molecule is CCCc1nc2c(n1Cc1ccc(-c3ccccc3C(=N)N)cc1)C(=O)CCCC2.N=N. The highest BCUT2D eigenvalue weighted by Crippen LogP contribution is 2.26. The van der Waals surface area contributed by atoms with E-state index in [0.717, 1.165) is 71.6 Å². The lowest BCUT2D eigenvalue weighted by molar-refractivity contribution is 0.0973. The van der Waals surface area contributed by atoms with Gasteiger partial charge in [0, 0.05) is 24.9 Å². The highest BCUT2D eigenvalue weighted by Gasteiger charge is 2.24. The minimum atomic E-state index is 0.0681. The highest BCUT2D eigenvalue weighted by molar-refractivity contribution is 6.01. The monoisotopic (exact) mass is 430 g/mol.